The number of hydrogen-bond acceptors (Lipinski definition) is 7. The lowest BCUT2D eigenvalue weighted by Crippen LogP contribution is -2.43. The maximum atomic E-state index is 12.4. The standard InChI is InChI=1S/C14H23N2O7PS/c1-21-24(18,22-2)12-10-16(13-7-5-4-6-8-13)14(17)15-9-11-23-25(3,19)20/h4-8H,9-12H2,1-3H3,(H,15,17). The van der Waals surface area contributed by atoms with Gasteiger partial charge >= 0.3 is 13.6 Å². The lowest BCUT2D eigenvalue weighted by Gasteiger charge is -2.24. The van der Waals surface area contributed by atoms with Crippen molar-refractivity contribution in [3.05, 3.63) is 30.3 Å². The first-order valence-electron chi connectivity index (χ1n) is 7.36. The van der Waals surface area contributed by atoms with Gasteiger partial charge in [0, 0.05) is 33.0 Å². The van der Waals surface area contributed by atoms with Crippen LogP contribution in [0.2, 0.25) is 0 Å². The number of anilines is 1. The van der Waals surface area contributed by atoms with Crippen molar-refractivity contribution < 1.29 is 31.0 Å². The van der Waals surface area contributed by atoms with Gasteiger partial charge in [0.25, 0.3) is 10.1 Å². The highest BCUT2D eigenvalue weighted by atomic mass is 32.2. The molecule has 1 aromatic carbocycles. The van der Waals surface area contributed by atoms with Crippen molar-refractivity contribution in [3.8, 4) is 0 Å². The predicted octanol–water partition coefficient (Wildman–Crippen LogP) is 1.66. The molecule has 0 saturated carbocycles. The summed E-state index contributed by atoms with van der Waals surface area (Å²) in [5.74, 6) is 0. The van der Waals surface area contributed by atoms with Crippen molar-refractivity contribution >= 4 is 29.4 Å². The van der Waals surface area contributed by atoms with Crippen LogP contribution in [0.5, 0.6) is 0 Å². The van der Waals surface area contributed by atoms with E-state index in [1.807, 2.05) is 0 Å². The van der Waals surface area contributed by atoms with Gasteiger partial charge in [-0.3, -0.25) is 13.6 Å². The maximum Gasteiger partial charge on any atom is 0.331 e. The van der Waals surface area contributed by atoms with Gasteiger partial charge < -0.3 is 14.4 Å². The molecule has 1 rings (SSSR count). The first-order valence-corrected chi connectivity index (χ1v) is 10.9. The minimum Gasteiger partial charge on any atom is -0.335 e. The van der Waals surface area contributed by atoms with E-state index in [0.29, 0.717) is 5.69 Å². The number of para-hydroxylation sites is 1. The Bertz CT molecular complexity index is 688. The monoisotopic (exact) mass is 394 g/mol. The Labute approximate surface area is 147 Å². The molecular weight excluding hydrogens is 371 g/mol. The van der Waals surface area contributed by atoms with Crippen LogP contribution in [0.3, 0.4) is 0 Å². The molecule has 1 N–H and O–H groups in total. The molecule has 0 fully saturated rings. The van der Waals surface area contributed by atoms with Crippen LogP contribution in [0.1, 0.15) is 0 Å². The topological polar surface area (TPSA) is 111 Å². The predicted molar refractivity (Wildman–Crippen MR) is 94.5 cm³/mol. The van der Waals surface area contributed by atoms with E-state index in [4.69, 9.17) is 9.05 Å². The van der Waals surface area contributed by atoms with E-state index in [-0.39, 0.29) is 25.9 Å². The van der Waals surface area contributed by atoms with E-state index in [2.05, 4.69) is 9.50 Å². The molecule has 0 heterocycles. The molecular formula is C14H23N2O7PS. The zero-order valence-electron chi connectivity index (χ0n) is 14.4. The Morgan fingerprint density at radius 3 is 2.32 bits per heavy atom. The van der Waals surface area contributed by atoms with Crippen LogP contribution < -0.4 is 10.2 Å². The van der Waals surface area contributed by atoms with Gasteiger partial charge in [0.05, 0.1) is 19.0 Å². The van der Waals surface area contributed by atoms with Crippen molar-refractivity contribution in [3.63, 3.8) is 0 Å². The Hall–Kier alpha value is -1.45. The van der Waals surface area contributed by atoms with Gasteiger partial charge in [-0.05, 0) is 12.1 Å². The number of carbonyl (C=O) groups is 1. The molecule has 11 heteroatoms. The highest BCUT2D eigenvalue weighted by molar-refractivity contribution is 7.85. The molecule has 0 atom stereocenters. The third-order valence-electron chi connectivity index (χ3n) is 3.14. The molecule has 2 amide bonds. The fourth-order valence-corrected chi connectivity index (χ4v) is 3.23. The van der Waals surface area contributed by atoms with Crippen LogP contribution in [0.15, 0.2) is 30.3 Å². The number of carbonyl (C=O) groups excluding carboxylic acids is 1. The van der Waals surface area contributed by atoms with Gasteiger partial charge in [-0.25, -0.2) is 4.79 Å². The number of amides is 2. The largest absolute Gasteiger partial charge is 0.335 e. The Morgan fingerprint density at radius 2 is 1.80 bits per heavy atom. The quantitative estimate of drug-likeness (QED) is 0.365. The molecule has 0 aliphatic rings. The van der Waals surface area contributed by atoms with Gasteiger partial charge in [0.1, 0.15) is 0 Å². The average molecular weight is 394 g/mol. The minimum absolute atomic E-state index is 0.00144. The highest BCUT2D eigenvalue weighted by Crippen LogP contribution is 2.46. The van der Waals surface area contributed by atoms with E-state index in [9.17, 15) is 17.8 Å². The molecule has 25 heavy (non-hydrogen) atoms. The smallest absolute Gasteiger partial charge is 0.331 e. The van der Waals surface area contributed by atoms with Gasteiger partial charge in [-0.2, -0.15) is 8.42 Å². The number of nitrogens with one attached hydrogen (secondary N) is 1. The van der Waals surface area contributed by atoms with Crippen molar-refractivity contribution in [2.45, 2.75) is 0 Å². The molecule has 0 radical (unpaired) electrons. The summed E-state index contributed by atoms with van der Waals surface area (Å²) >= 11 is 0. The first kappa shape index (κ1) is 21.6. The lowest BCUT2D eigenvalue weighted by molar-refractivity contribution is 0.242. The highest BCUT2D eigenvalue weighted by Gasteiger charge is 2.25. The summed E-state index contributed by atoms with van der Waals surface area (Å²) in [5, 5.41) is 2.55. The van der Waals surface area contributed by atoms with Crippen LogP contribution in [-0.4, -0.2) is 60.8 Å². The number of urea groups is 1. The third kappa shape index (κ3) is 7.98. The molecule has 1 aromatic rings. The summed E-state index contributed by atoms with van der Waals surface area (Å²) in [6, 6.07) is 8.27. The maximum absolute atomic E-state index is 12.4. The van der Waals surface area contributed by atoms with Gasteiger partial charge in [0.15, 0.2) is 0 Å². The third-order valence-corrected chi connectivity index (χ3v) is 5.60. The summed E-state index contributed by atoms with van der Waals surface area (Å²) in [7, 11) is -4.29. The molecule has 0 saturated heterocycles. The second-order valence-corrected chi connectivity index (χ2v) is 8.99. The molecule has 0 spiro atoms. The fraction of sp³-hybridized carbons (Fsp3) is 0.500. The van der Waals surface area contributed by atoms with E-state index in [0.717, 1.165) is 6.26 Å². The van der Waals surface area contributed by atoms with Gasteiger partial charge in [-0.15, -0.1) is 0 Å². The van der Waals surface area contributed by atoms with Crippen molar-refractivity contribution in [1.29, 1.82) is 0 Å². The zero-order chi connectivity index (χ0) is 18.9. The minimum atomic E-state index is -3.57. The lowest BCUT2D eigenvalue weighted by atomic mass is 10.3. The molecule has 0 aliphatic heterocycles. The second kappa shape index (κ2) is 9.88. The second-order valence-electron chi connectivity index (χ2n) is 4.94. The summed E-state index contributed by atoms with van der Waals surface area (Å²) in [6.45, 7) is -0.0922. The van der Waals surface area contributed by atoms with Crippen molar-refractivity contribution in [2.75, 3.05) is 51.2 Å². The summed E-state index contributed by atoms with van der Waals surface area (Å²) < 4.78 is 48.3. The molecule has 142 valence electrons. The number of hydrogen-bond donors (Lipinski definition) is 1. The first-order chi connectivity index (χ1) is 11.7. The van der Waals surface area contributed by atoms with Crippen LogP contribution in [0.4, 0.5) is 10.5 Å². The average Bonchev–Trinajstić information content (AvgIpc) is 2.59. The summed E-state index contributed by atoms with van der Waals surface area (Å²) in [6.07, 6.45) is 0.931. The van der Waals surface area contributed by atoms with E-state index in [1.54, 1.807) is 30.3 Å². The van der Waals surface area contributed by atoms with Crippen LogP contribution in [0.25, 0.3) is 0 Å². The molecule has 0 aromatic heterocycles. The number of benzene rings is 1. The van der Waals surface area contributed by atoms with Crippen molar-refractivity contribution in [2.24, 2.45) is 0 Å². The molecule has 0 aliphatic carbocycles. The van der Waals surface area contributed by atoms with Gasteiger partial charge in [0.2, 0.25) is 0 Å². The van der Waals surface area contributed by atoms with Crippen LogP contribution >= 0.6 is 7.60 Å². The summed E-state index contributed by atoms with van der Waals surface area (Å²) in [5.41, 5.74) is 0.586. The molecule has 0 unspecified atom stereocenters. The van der Waals surface area contributed by atoms with Gasteiger partial charge in [-0.1, -0.05) is 18.2 Å². The zero-order valence-corrected chi connectivity index (χ0v) is 16.1. The number of rotatable bonds is 10. The van der Waals surface area contributed by atoms with Crippen LogP contribution in [0, 0.1) is 0 Å². The Morgan fingerprint density at radius 1 is 1.20 bits per heavy atom. The number of nitrogens with zero attached hydrogens (tertiary/aromatic N) is 1. The fourth-order valence-electron chi connectivity index (χ4n) is 1.88. The Kier molecular flexibility index (Phi) is 8.54. The van der Waals surface area contributed by atoms with E-state index < -0.39 is 23.7 Å². The van der Waals surface area contributed by atoms with Crippen molar-refractivity contribution in [1.82, 2.24) is 5.32 Å². The Balaban J connectivity index is 2.74. The normalized spacial score (nSPS) is 12.0. The van der Waals surface area contributed by atoms with Crippen LogP contribution in [-0.2, 0) is 27.9 Å². The van der Waals surface area contributed by atoms with E-state index >= 15 is 0 Å². The van der Waals surface area contributed by atoms with E-state index in [1.165, 1.54) is 19.1 Å². The SMILES string of the molecule is COP(=O)(CCN(C(=O)NCCOS(C)(=O)=O)c1ccccc1)OC. The molecule has 0 bridgehead atoms. The molecule has 9 nitrogen and oxygen atoms in total. The summed E-state index contributed by atoms with van der Waals surface area (Å²) in [4.78, 5) is 13.8.